The van der Waals surface area contributed by atoms with Gasteiger partial charge in [0.1, 0.15) is 0 Å². The highest BCUT2D eigenvalue weighted by Gasteiger charge is 2.26. The van der Waals surface area contributed by atoms with Gasteiger partial charge in [0, 0.05) is 5.92 Å². The third-order valence-corrected chi connectivity index (χ3v) is 1.66. The van der Waals surface area contributed by atoms with Crippen LogP contribution in [0.15, 0.2) is 23.8 Å². The fourth-order valence-corrected chi connectivity index (χ4v) is 1.08. The van der Waals surface area contributed by atoms with E-state index in [1.807, 2.05) is 0 Å². The number of hydrogen-bond acceptors (Lipinski definition) is 0. The lowest BCUT2D eigenvalue weighted by atomic mass is 10.2. The van der Waals surface area contributed by atoms with Gasteiger partial charge in [-0.15, -0.1) is 0 Å². The summed E-state index contributed by atoms with van der Waals surface area (Å²) in [5.74, 6) is 0.883. The fourth-order valence-electron chi connectivity index (χ4n) is 1.08. The summed E-state index contributed by atoms with van der Waals surface area (Å²) in [4.78, 5) is 0. The van der Waals surface area contributed by atoms with Crippen molar-refractivity contribution < 1.29 is 0 Å². The van der Waals surface area contributed by atoms with Gasteiger partial charge in [-0.2, -0.15) is 0 Å². The van der Waals surface area contributed by atoms with Crippen LogP contribution in [-0.2, 0) is 0 Å². The highest BCUT2D eigenvalue weighted by Crippen LogP contribution is 2.41. The SMILES string of the molecule is C1=CC2CC2=CC1. The van der Waals surface area contributed by atoms with Gasteiger partial charge in [-0.25, -0.2) is 0 Å². The van der Waals surface area contributed by atoms with E-state index in [-0.39, 0.29) is 0 Å². The molecule has 0 N–H and O–H groups in total. The summed E-state index contributed by atoms with van der Waals surface area (Å²) in [7, 11) is 0. The van der Waals surface area contributed by atoms with Crippen LogP contribution in [0.25, 0.3) is 0 Å². The standard InChI is InChI=1S/C7H8/c1-2-4-7-5-6(7)3-1/h1,3-4,6H,2,5H2. The maximum absolute atomic E-state index is 2.34. The summed E-state index contributed by atoms with van der Waals surface area (Å²) in [5.41, 5.74) is 1.67. The summed E-state index contributed by atoms with van der Waals surface area (Å²) in [6.45, 7) is 0. The Hall–Kier alpha value is -0.520. The molecule has 0 heterocycles. The Balaban J connectivity index is 2.30. The smallest absolute Gasteiger partial charge is 0.00147 e. The van der Waals surface area contributed by atoms with Gasteiger partial charge >= 0.3 is 0 Å². The van der Waals surface area contributed by atoms with E-state index >= 15 is 0 Å². The summed E-state index contributed by atoms with van der Waals surface area (Å²) >= 11 is 0. The first-order valence-electron chi connectivity index (χ1n) is 2.82. The molecule has 0 aromatic carbocycles. The molecule has 0 heteroatoms. The van der Waals surface area contributed by atoms with Crippen molar-refractivity contribution in [2.24, 2.45) is 5.92 Å². The average Bonchev–Trinajstić information content (AvgIpc) is 2.41. The van der Waals surface area contributed by atoms with Crippen molar-refractivity contribution in [3.63, 3.8) is 0 Å². The second kappa shape index (κ2) is 1.00. The van der Waals surface area contributed by atoms with Gasteiger partial charge in [-0.1, -0.05) is 23.8 Å². The van der Waals surface area contributed by atoms with Gasteiger partial charge in [0.05, 0.1) is 0 Å². The van der Waals surface area contributed by atoms with Crippen molar-refractivity contribution in [2.75, 3.05) is 0 Å². The first-order chi connectivity index (χ1) is 3.47. The molecule has 0 saturated heterocycles. The molecule has 2 aliphatic rings. The monoisotopic (exact) mass is 92.1 g/mol. The molecule has 0 bridgehead atoms. The van der Waals surface area contributed by atoms with Crippen molar-refractivity contribution in [1.29, 1.82) is 0 Å². The first kappa shape index (κ1) is 3.48. The van der Waals surface area contributed by atoms with Crippen LogP contribution in [-0.4, -0.2) is 0 Å². The lowest BCUT2D eigenvalue weighted by Crippen LogP contribution is -1.69. The zero-order valence-electron chi connectivity index (χ0n) is 4.22. The number of fused-ring (bicyclic) bond motifs is 1. The number of hydrogen-bond donors (Lipinski definition) is 0. The van der Waals surface area contributed by atoms with Crippen molar-refractivity contribution in [2.45, 2.75) is 12.8 Å². The van der Waals surface area contributed by atoms with E-state index in [0.717, 1.165) is 5.92 Å². The maximum Gasteiger partial charge on any atom is 0.00147 e. The van der Waals surface area contributed by atoms with E-state index in [0.29, 0.717) is 0 Å². The summed E-state index contributed by atoms with van der Waals surface area (Å²) in [6.07, 6.45) is 9.45. The molecule has 2 aliphatic carbocycles. The Labute approximate surface area is 43.5 Å². The molecule has 2 rings (SSSR count). The van der Waals surface area contributed by atoms with Crippen LogP contribution >= 0.6 is 0 Å². The minimum absolute atomic E-state index is 0.883. The lowest BCUT2D eigenvalue weighted by molar-refractivity contribution is 1.12. The highest BCUT2D eigenvalue weighted by molar-refractivity contribution is 5.33. The van der Waals surface area contributed by atoms with Crippen molar-refractivity contribution in [3.8, 4) is 0 Å². The van der Waals surface area contributed by atoms with Crippen LogP contribution in [0.2, 0.25) is 0 Å². The van der Waals surface area contributed by atoms with Crippen LogP contribution < -0.4 is 0 Å². The molecule has 0 amide bonds. The van der Waals surface area contributed by atoms with Gasteiger partial charge in [0.25, 0.3) is 0 Å². The number of rotatable bonds is 0. The molecule has 0 aromatic heterocycles. The fraction of sp³-hybridized carbons (Fsp3) is 0.429. The van der Waals surface area contributed by atoms with Crippen LogP contribution in [0.4, 0.5) is 0 Å². The minimum atomic E-state index is 0.883. The predicted octanol–water partition coefficient (Wildman–Crippen LogP) is 1.89. The van der Waals surface area contributed by atoms with Crippen LogP contribution in [0.1, 0.15) is 12.8 Å². The van der Waals surface area contributed by atoms with Gasteiger partial charge < -0.3 is 0 Å². The van der Waals surface area contributed by atoms with Crippen molar-refractivity contribution in [3.05, 3.63) is 23.8 Å². The summed E-state index contributed by atoms with van der Waals surface area (Å²) in [5, 5.41) is 0. The molecule has 7 heavy (non-hydrogen) atoms. The van der Waals surface area contributed by atoms with E-state index < -0.39 is 0 Å². The molecule has 1 saturated carbocycles. The van der Waals surface area contributed by atoms with Crippen molar-refractivity contribution >= 4 is 0 Å². The molecule has 0 aliphatic heterocycles. The molecule has 1 atom stereocenters. The molecule has 36 valence electrons. The maximum atomic E-state index is 2.34. The Morgan fingerprint density at radius 2 is 2.57 bits per heavy atom. The van der Waals surface area contributed by atoms with E-state index in [1.165, 1.54) is 12.8 Å². The average molecular weight is 92.1 g/mol. The van der Waals surface area contributed by atoms with Gasteiger partial charge in [0.2, 0.25) is 0 Å². The summed E-state index contributed by atoms with van der Waals surface area (Å²) < 4.78 is 0. The molecular weight excluding hydrogens is 84.1 g/mol. The van der Waals surface area contributed by atoms with Gasteiger partial charge in [-0.05, 0) is 12.8 Å². The van der Waals surface area contributed by atoms with Crippen LogP contribution in [0.3, 0.4) is 0 Å². The third kappa shape index (κ3) is 0.426. The minimum Gasteiger partial charge on any atom is -0.0841 e. The molecular formula is C7H8. The van der Waals surface area contributed by atoms with Gasteiger partial charge in [0.15, 0.2) is 0 Å². The molecule has 0 nitrogen and oxygen atoms in total. The Morgan fingerprint density at radius 3 is 3.14 bits per heavy atom. The summed E-state index contributed by atoms with van der Waals surface area (Å²) in [6, 6.07) is 0. The molecule has 0 spiro atoms. The largest absolute Gasteiger partial charge is 0.0841 e. The Morgan fingerprint density at radius 1 is 1.57 bits per heavy atom. The van der Waals surface area contributed by atoms with E-state index in [1.54, 1.807) is 5.57 Å². The molecule has 1 fully saturated rings. The lowest BCUT2D eigenvalue weighted by Gasteiger charge is -1.86. The quantitative estimate of drug-likeness (QED) is 0.400. The van der Waals surface area contributed by atoms with Crippen LogP contribution in [0.5, 0.6) is 0 Å². The predicted molar refractivity (Wildman–Crippen MR) is 29.9 cm³/mol. The second-order valence-corrected chi connectivity index (χ2v) is 2.25. The topological polar surface area (TPSA) is 0 Å². The van der Waals surface area contributed by atoms with E-state index in [2.05, 4.69) is 18.2 Å². The van der Waals surface area contributed by atoms with Crippen LogP contribution in [0, 0.1) is 5.92 Å². The first-order valence-corrected chi connectivity index (χ1v) is 2.82. The van der Waals surface area contributed by atoms with Crippen molar-refractivity contribution in [1.82, 2.24) is 0 Å². The highest BCUT2D eigenvalue weighted by atomic mass is 14.3. The zero-order valence-corrected chi connectivity index (χ0v) is 4.22. The van der Waals surface area contributed by atoms with E-state index in [9.17, 15) is 0 Å². The molecule has 0 radical (unpaired) electrons. The molecule has 0 aromatic rings. The zero-order chi connectivity index (χ0) is 4.69. The van der Waals surface area contributed by atoms with E-state index in [4.69, 9.17) is 0 Å². The Kier molecular flexibility index (Phi) is 0.498. The normalized spacial score (nSPS) is 34.3. The molecule has 1 unspecified atom stereocenters. The third-order valence-electron chi connectivity index (χ3n) is 1.66. The Bertz CT molecular complexity index is 140. The number of allylic oxidation sites excluding steroid dienone is 4. The second-order valence-electron chi connectivity index (χ2n) is 2.25. The van der Waals surface area contributed by atoms with Gasteiger partial charge in [-0.3, -0.25) is 0 Å².